The second kappa shape index (κ2) is 8.38. The smallest absolute Gasteiger partial charge is 0.327 e. The molecule has 146 valence electrons. The number of aryl methyl sites for hydroxylation is 1. The number of carbonyl (C=O) groups excluding carboxylic acids is 4. The van der Waals surface area contributed by atoms with Crippen LogP contribution in [0.1, 0.15) is 17.7 Å². The molecule has 9 heteroatoms. The fourth-order valence-corrected chi connectivity index (χ4v) is 2.80. The first kappa shape index (κ1) is 19.2. The maximum Gasteiger partial charge on any atom is 0.327 e. The lowest BCUT2D eigenvalue weighted by Crippen LogP contribution is -2.50. The fraction of sp³-hybridized carbons (Fsp3) is 0.263. The summed E-state index contributed by atoms with van der Waals surface area (Å²) in [7, 11) is 0. The van der Waals surface area contributed by atoms with Crippen molar-refractivity contribution in [1.82, 2.24) is 16.2 Å². The lowest BCUT2D eigenvalue weighted by Gasteiger charge is -2.17. The number of nitrogens with one attached hydrogen (secondary N) is 3. The molecule has 1 aliphatic heterocycles. The van der Waals surface area contributed by atoms with Crippen LogP contribution in [0.3, 0.4) is 0 Å². The minimum absolute atomic E-state index is 0.0280. The molecule has 1 saturated heterocycles. The maximum absolute atomic E-state index is 12.2. The van der Waals surface area contributed by atoms with Crippen molar-refractivity contribution in [3.8, 4) is 0 Å². The molecule has 0 radical (unpaired) electrons. The summed E-state index contributed by atoms with van der Waals surface area (Å²) in [6.07, 6.45) is 1.48. The normalized spacial score (nSPS) is 16.0. The molecule has 3 rings (SSSR count). The van der Waals surface area contributed by atoms with Gasteiger partial charge in [0.05, 0.1) is 18.7 Å². The number of hydrogen-bond donors (Lipinski definition) is 3. The summed E-state index contributed by atoms with van der Waals surface area (Å²) in [5, 5.41) is 2.36. The molecule has 0 bridgehead atoms. The van der Waals surface area contributed by atoms with Crippen LogP contribution in [0.2, 0.25) is 0 Å². The Morgan fingerprint density at radius 1 is 1.11 bits per heavy atom. The van der Waals surface area contributed by atoms with Crippen molar-refractivity contribution in [2.45, 2.75) is 19.9 Å². The summed E-state index contributed by atoms with van der Waals surface area (Å²) in [5.74, 6) is -2.77. The third kappa shape index (κ3) is 4.56. The Labute approximate surface area is 161 Å². The lowest BCUT2D eigenvalue weighted by molar-refractivity contribution is -0.141. The Morgan fingerprint density at radius 3 is 2.54 bits per heavy atom. The molecule has 0 unspecified atom stereocenters. The van der Waals surface area contributed by atoms with Crippen LogP contribution in [-0.2, 0) is 25.7 Å². The summed E-state index contributed by atoms with van der Waals surface area (Å²) >= 11 is 0. The van der Waals surface area contributed by atoms with Gasteiger partial charge in [0.2, 0.25) is 11.8 Å². The summed E-state index contributed by atoms with van der Waals surface area (Å²) in [6, 6.07) is 10.7. The summed E-state index contributed by atoms with van der Waals surface area (Å²) in [6.45, 7) is 2.20. The first-order valence-corrected chi connectivity index (χ1v) is 8.71. The van der Waals surface area contributed by atoms with Crippen molar-refractivity contribution >= 4 is 29.3 Å². The zero-order valence-electron chi connectivity index (χ0n) is 15.2. The number of carbonyl (C=O) groups is 4. The van der Waals surface area contributed by atoms with Crippen LogP contribution < -0.4 is 21.1 Å². The average molecular weight is 384 g/mol. The number of hydrazine groups is 1. The Morgan fingerprint density at radius 2 is 1.86 bits per heavy atom. The Hall–Kier alpha value is -3.62. The van der Waals surface area contributed by atoms with Crippen molar-refractivity contribution in [2.75, 3.05) is 11.4 Å². The third-order valence-electron chi connectivity index (χ3n) is 4.35. The number of hydrogen-bond acceptors (Lipinski definition) is 5. The van der Waals surface area contributed by atoms with E-state index in [0.29, 0.717) is 11.4 Å². The van der Waals surface area contributed by atoms with E-state index in [1.54, 1.807) is 12.1 Å². The average Bonchev–Trinajstić information content (AvgIpc) is 3.34. The molecule has 4 amide bonds. The Balaban J connectivity index is 1.46. The van der Waals surface area contributed by atoms with Gasteiger partial charge in [0.1, 0.15) is 5.76 Å². The van der Waals surface area contributed by atoms with Crippen molar-refractivity contribution < 1.29 is 23.6 Å². The van der Waals surface area contributed by atoms with Crippen molar-refractivity contribution in [2.24, 2.45) is 5.92 Å². The second-order valence-corrected chi connectivity index (χ2v) is 6.45. The van der Waals surface area contributed by atoms with Crippen LogP contribution in [-0.4, -0.2) is 30.2 Å². The largest absolute Gasteiger partial charge is 0.467 e. The van der Waals surface area contributed by atoms with E-state index in [9.17, 15) is 19.2 Å². The van der Waals surface area contributed by atoms with Gasteiger partial charge in [0.25, 0.3) is 0 Å². The molecule has 0 aliphatic carbocycles. The molecule has 9 nitrogen and oxygen atoms in total. The highest BCUT2D eigenvalue weighted by molar-refractivity contribution is 6.35. The molecule has 0 spiro atoms. The van der Waals surface area contributed by atoms with Gasteiger partial charge in [0, 0.05) is 18.7 Å². The van der Waals surface area contributed by atoms with E-state index in [4.69, 9.17) is 4.42 Å². The van der Waals surface area contributed by atoms with E-state index in [0.717, 1.165) is 5.56 Å². The van der Waals surface area contributed by atoms with E-state index in [-0.39, 0.29) is 25.4 Å². The van der Waals surface area contributed by atoms with Gasteiger partial charge in [-0.15, -0.1) is 0 Å². The molecule has 1 aromatic heterocycles. The van der Waals surface area contributed by atoms with Gasteiger partial charge in [-0.3, -0.25) is 30.0 Å². The Kier molecular flexibility index (Phi) is 5.73. The number of anilines is 1. The van der Waals surface area contributed by atoms with E-state index >= 15 is 0 Å². The first-order chi connectivity index (χ1) is 13.4. The van der Waals surface area contributed by atoms with Crippen LogP contribution in [0.25, 0.3) is 0 Å². The number of amides is 4. The van der Waals surface area contributed by atoms with Crippen molar-refractivity contribution in [3.05, 3.63) is 54.0 Å². The molecule has 2 heterocycles. The van der Waals surface area contributed by atoms with Crippen LogP contribution >= 0.6 is 0 Å². The highest BCUT2D eigenvalue weighted by atomic mass is 16.3. The predicted octanol–water partition coefficient (Wildman–Crippen LogP) is 0.405. The molecule has 2 aromatic rings. The number of benzene rings is 1. The van der Waals surface area contributed by atoms with E-state index in [1.807, 2.05) is 31.2 Å². The zero-order valence-corrected chi connectivity index (χ0v) is 15.2. The number of furan rings is 1. The van der Waals surface area contributed by atoms with Gasteiger partial charge < -0.3 is 14.6 Å². The van der Waals surface area contributed by atoms with Crippen molar-refractivity contribution in [1.29, 1.82) is 0 Å². The van der Waals surface area contributed by atoms with Gasteiger partial charge in [-0.25, -0.2) is 0 Å². The van der Waals surface area contributed by atoms with Crippen LogP contribution in [0.4, 0.5) is 5.69 Å². The number of nitrogens with zero attached hydrogens (tertiary/aromatic N) is 1. The van der Waals surface area contributed by atoms with Crippen LogP contribution in [0, 0.1) is 12.8 Å². The quantitative estimate of drug-likeness (QED) is 0.521. The third-order valence-corrected chi connectivity index (χ3v) is 4.35. The molecular formula is C19H20N4O5. The van der Waals surface area contributed by atoms with Gasteiger partial charge in [-0.1, -0.05) is 17.7 Å². The van der Waals surface area contributed by atoms with Crippen LogP contribution in [0.15, 0.2) is 47.1 Å². The summed E-state index contributed by atoms with van der Waals surface area (Å²) in [5.41, 5.74) is 6.04. The fourth-order valence-electron chi connectivity index (χ4n) is 2.80. The standard InChI is InChI=1S/C19H20N4O5/c1-12-4-6-14(7-5-12)23-11-13(9-16(23)24)17(25)21-22-19(27)18(26)20-10-15-3-2-8-28-15/h2-8,13H,9-11H2,1H3,(H,20,26)(H,21,25)(H,22,27)/t13-/m1/s1. The van der Waals surface area contributed by atoms with E-state index in [1.165, 1.54) is 11.2 Å². The van der Waals surface area contributed by atoms with Gasteiger partial charge >= 0.3 is 11.8 Å². The van der Waals surface area contributed by atoms with Gasteiger partial charge in [-0.05, 0) is 31.2 Å². The van der Waals surface area contributed by atoms with Gasteiger partial charge in [0.15, 0.2) is 0 Å². The highest BCUT2D eigenvalue weighted by Crippen LogP contribution is 2.25. The topological polar surface area (TPSA) is 121 Å². The monoisotopic (exact) mass is 384 g/mol. The first-order valence-electron chi connectivity index (χ1n) is 8.71. The molecular weight excluding hydrogens is 364 g/mol. The summed E-state index contributed by atoms with van der Waals surface area (Å²) in [4.78, 5) is 49.4. The lowest BCUT2D eigenvalue weighted by atomic mass is 10.1. The second-order valence-electron chi connectivity index (χ2n) is 6.45. The molecule has 28 heavy (non-hydrogen) atoms. The minimum atomic E-state index is -1.01. The molecule has 1 aromatic carbocycles. The molecule has 0 saturated carbocycles. The highest BCUT2D eigenvalue weighted by Gasteiger charge is 2.35. The molecule has 1 fully saturated rings. The van der Waals surface area contributed by atoms with Gasteiger partial charge in [-0.2, -0.15) is 0 Å². The summed E-state index contributed by atoms with van der Waals surface area (Å²) < 4.78 is 5.04. The van der Waals surface area contributed by atoms with Crippen LogP contribution in [0.5, 0.6) is 0 Å². The van der Waals surface area contributed by atoms with E-state index in [2.05, 4.69) is 16.2 Å². The Bertz CT molecular complexity index is 876. The van der Waals surface area contributed by atoms with Crippen molar-refractivity contribution in [3.63, 3.8) is 0 Å². The molecule has 1 aliphatic rings. The zero-order chi connectivity index (χ0) is 20.1. The predicted molar refractivity (Wildman–Crippen MR) is 98.5 cm³/mol. The number of rotatable bonds is 4. The minimum Gasteiger partial charge on any atom is -0.467 e. The SMILES string of the molecule is Cc1ccc(N2C[C@H](C(=O)NNC(=O)C(=O)NCc3ccco3)CC2=O)cc1. The maximum atomic E-state index is 12.2. The molecule has 3 N–H and O–H groups in total. The molecule has 1 atom stereocenters. The van der Waals surface area contributed by atoms with E-state index < -0.39 is 23.6 Å².